The maximum absolute atomic E-state index is 13.6. The second-order valence-electron chi connectivity index (χ2n) is 9.23. The highest BCUT2D eigenvalue weighted by molar-refractivity contribution is 9.10. The average molecular weight is 539 g/mol. The van der Waals surface area contributed by atoms with E-state index in [4.69, 9.17) is 4.42 Å². The Hall–Kier alpha value is -3.23. The summed E-state index contributed by atoms with van der Waals surface area (Å²) in [6, 6.07) is 17.8. The van der Waals surface area contributed by atoms with Crippen LogP contribution in [0.2, 0.25) is 0 Å². The van der Waals surface area contributed by atoms with Crippen molar-refractivity contribution in [3.63, 3.8) is 0 Å². The van der Waals surface area contributed by atoms with E-state index in [9.17, 15) is 19.5 Å². The van der Waals surface area contributed by atoms with E-state index < -0.39 is 41.0 Å². The maximum Gasteiger partial charge on any atom is 0.235 e. The molecule has 1 aromatic heterocycles. The molecule has 3 aromatic rings. The van der Waals surface area contributed by atoms with Crippen molar-refractivity contribution in [2.24, 2.45) is 11.8 Å². The van der Waals surface area contributed by atoms with E-state index in [0.29, 0.717) is 16.0 Å². The lowest BCUT2D eigenvalue weighted by molar-refractivity contribution is -0.151. The number of hydrogen-bond acceptors (Lipinski definition) is 5. The number of furan rings is 1. The summed E-state index contributed by atoms with van der Waals surface area (Å²) in [5.74, 6) is -4.63. The van der Waals surface area contributed by atoms with Gasteiger partial charge in [-0.25, -0.2) is 0 Å². The van der Waals surface area contributed by atoms with Crippen LogP contribution in [0.25, 0.3) is 0 Å². The number of halogens is 1. The van der Waals surface area contributed by atoms with Crippen LogP contribution < -0.4 is 10.6 Å². The molecule has 8 heteroatoms. The standard InChI is InChI=1S/C27H27BrN2O5/c1-15-8-4-6-10-17(15)29-25(32)22-19(31)14-27(3,34)24(23(22)20-12-13-21(28)35-20)26(33)30-18-11-7-5-9-16(18)2/h4-13,22-24,34H,14H2,1-3H3,(H,29,32)(H,30,33). The zero-order valence-electron chi connectivity index (χ0n) is 19.7. The fourth-order valence-electron chi connectivity index (χ4n) is 4.79. The van der Waals surface area contributed by atoms with E-state index in [1.807, 2.05) is 38.1 Å². The number of para-hydroxylation sites is 2. The molecule has 4 unspecified atom stereocenters. The third-order valence-corrected chi connectivity index (χ3v) is 6.99. The molecule has 3 N–H and O–H groups in total. The van der Waals surface area contributed by atoms with Crippen LogP contribution in [0.1, 0.15) is 36.1 Å². The number of ketones is 1. The monoisotopic (exact) mass is 538 g/mol. The predicted molar refractivity (Wildman–Crippen MR) is 136 cm³/mol. The van der Waals surface area contributed by atoms with E-state index in [1.54, 1.807) is 36.4 Å². The van der Waals surface area contributed by atoms with Crippen molar-refractivity contribution in [2.75, 3.05) is 10.6 Å². The minimum absolute atomic E-state index is 0.264. The number of hydrogen-bond donors (Lipinski definition) is 3. The largest absolute Gasteiger partial charge is 0.454 e. The van der Waals surface area contributed by atoms with Gasteiger partial charge in [-0.05, 0) is 72.1 Å². The number of benzene rings is 2. The van der Waals surface area contributed by atoms with Crippen LogP contribution >= 0.6 is 15.9 Å². The Kier molecular flexibility index (Phi) is 6.96. The molecule has 0 saturated heterocycles. The van der Waals surface area contributed by atoms with Crippen LogP contribution in [-0.4, -0.2) is 28.3 Å². The number of anilines is 2. The van der Waals surface area contributed by atoms with Crippen LogP contribution in [-0.2, 0) is 14.4 Å². The van der Waals surface area contributed by atoms with Crippen LogP contribution in [0.5, 0.6) is 0 Å². The second-order valence-corrected chi connectivity index (χ2v) is 10.0. The van der Waals surface area contributed by atoms with Crippen LogP contribution in [0, 0.1) is 25.7 Å². The number of carbonyl (C=O) groups is 3. The lowest BCUT2D eigenvalue weighted by atomic mass is 9.62. The number of carbonyl (C=O) groups excluding carboxylic acids is 3. The minimum atomic E-state index is -1.70. The topological polar surface area (TPSA) is 109 Å². The SMILES string of the molecule is Cc1ccccc1NC(=O)C1C(=O)CC(C)(O)C(C(=O)Nc2ccccc2C)C1c1ccc(Br)o1. The fraction of sp³-hybridized carbons (Fsp3) is 0.296. The van der Waals surface area contributed by atoms with Crippen molar-refractivity contribution in [1.29, 1.82) is 0 Å². The van der Waals surface area contributed by atoms with Gasteiger partial charge in [0.2, 0.25) is 11.8 Å². The highest BCUT2D eigenvalue weighted by Gasteiger charge is 2.57. The molecule has 1 heterocycles. The maximum atomic E-state index is 13.6. The smallest absolute Gasteiger partial charge is 0.235 e. The number of rotatable bonds is 5. The first-order valence-electron chi connectivity index (χ1n) is 11.3. The van der Waals surface area contributed by atoms with Gasteiger partial charge in [0.05, 0.1) is 17.4 Å². The van der Waals surface area contributed by atoms with Gasteiger partial charge >= 0.3 is 0 Å². The van der Waals surface area contributed by atoms with E-state index in [0.717, 1.165) is 11.1 Å². The molecule has 0 spiro atoms. The van der Waals surface area contributed by atoms with E-state index in [2.05, 4.69) is 26.6 Å². The molecule has 182 valence electrons. The Balaban J connectivity index is 1.76. The van der Waals surface area contributed by atoms with E-state index >= 15 is 0 Å². The number of nitrogens with one attached hydrogen (secondary N) is 2. The summed E-state index contributed by atoms with van der Waals surface area (Å²) >= 11 is 3.27. The summed E-state index contributed by atoms with van der Waals surface area (Å²) in [5, 5.41) is 17.0. The Morgan fingerprint density at radius 1 is 0.943 bits per heavy atom. The van der Waals surface area contributed by atoms with Gasteiger partial charge in [0.25, 0.3) is 0 Å². The van der Waals surface area contributed by atoms with Crippen molar-refractivity contribution >= 4 is 44.9 Å². The molecule has 4 atom stereocenters. The highest BCUT2D eigenvalue weighted by Crippen LogP contribution is 2.47. The molecule has 1 aliphatic carbocycles. The number of aryl methyl sites for hydroxylation is 2. The van der Waals surface area contributed by atoms with Crippen LogP contribution in [0.3, 0.4) is 0 Å². The molecule has 2 aromatic carbocycles. The zero-order valence-corrected chi connectivity index (χ0v) is 21.3. The van der Waals surface area contributed by atoms with Crippen molar-refractivity contribution in [1.82, 2.24) is 0 Å². The van der Waals surface area contributed by atoms with Crippen molar-refractivity contribution in [2.45, 2.75) is 38.7 Å². The molecular formula is C27H27BrN2O5. The summed E-state index contributed by atoms with van der Waals surface area (Å²) in [4.78, 5) is 40.5. The van der Waals surface area contributed by atoms with Crippen molar-refractivity contribution in [3.05, 3.63) is 82.2 Å². The first-order valence-corrected chi connectivity index (χ1v) is 12.1. The Bertz CT molecular complexity index is 1280. The molecule has 1 fully saturated rings. The van der Waals surface area contributed by atoms with Crippen LogP contribution in [0.15, 0.2) is 69.8 Å². The summed E-state index contributed by atoms with van der Waals surface area (Å²) < 4.78 is 6.16. The lowest BCUT2D eigenvalue weighted by Gasteiger charge is -2.43. The summed E-state index contributed by atoms with van der Waals surface area (Å²) in [5.41, 5.74) is 1.14. The van der Waals surface area contributed by atoms with Crippen molar-refractivity contribution in [3.8, 4) is 0 Å². The Labute approximate surface area is 212 Å². The third-order valence-electron chi connectivity index (χ3n) is 6.56. The quantitative estimate of drug-likeness (QED) is 0.397. The predicted octanol–water partition coefficient (Wildman–Crippen LogP) is 4.98. The molecule has 0 radical (unpaired) electrons. The van der Waals surface area contributed by atoms with Gasteiger partial charge in [-0.1, -0.05) is 36.4 Å². The molecule has 1 aliphatic rings. The number of amides is 2. The average Bonchev–Trinajstić information content (AvgIpc) is 3.21. The van der Waals surface area contributed by atoms with Gasteiger partial charge in [-0.3, -0.25) is 14.4 Å². The van der Waals surface area contributed by atoms with E-state index in [1.165, 1.54) is 6.92 Å². The first-order chi connectivity index (χ1) is 16.6. The molecule has 4 rings (SSSR count). The summed E-state index contributed by atoms with van der Waals surface area (Å²) in [7, 11) is 0. The Morgan fingerprint density at radius 2 is 1.49 bits per heavy atom. The third kappa shape index (κ3) is 5.09. The van der Waals surface area contributed by atoms with E-state index in [-0.39, 0.29) is 12.2 Å². The first kappa shape index (κ1) is 24.9. The fourth-order valence-corrected chi connectivity index (χ4v) is 5.11. The molecule has 1 saturated carbocycles. The zero-order chi connectivity index (χ0) is 25.3. The lowest BCUT2D eigenvalue weighted by Crippen LogP contribution is -2.56. The van der Waals surface area contributed by atoms with Gasteiger partial charge in [-0.15, -0.1) is 0 Å². The van der Waals surface area contributed by atoms with Gasteiger partial charge in [0.15, 0.2) is 4.67 Å². The summed E-state index contributed by atoms with van der Waals surface area (Å²) in [6.45, 7) is 5.16. The highest BCUT2D eigenvalue weighted by atomic mass is 79.9. The van der Waals surface area contributed by atoms with Gasteiger partial charge < -0.3 is 20.2 Å². The Morgan fingerprint density at radius 3 is 2.00 bits per heavy atom. The molecular weight excluding hydrogens is 512 g/mol. The molecule has 2 amide bonds. The second kappa shape index (κ2) is 9.79. The van der Waals surface area contributed by atoms with Gasteiger partial charge in [-0.2, -0.15) is 0 Å². The minimum Gasteiger partial charge on any atom is -0.454 e. The molecule has 7 nitrogen and oxygen atoms in total. The van der Waals surface area contributed by atoms with Gasteiger partial charge in [0, 0.05) is 17.8 Å². The normalized spacial score (nSPS) is 24.1. The van der Waals surface area contributed by atoms with Crippen LogP contribution in [0.4, 0.5) is 11.4 Å². The van der Waals surface area contributed by atoms with Gasteiger partial charge in [0.1, 0.15) is 17.5 Å². The number of Topliss-reactive ketones (excluding diaryl/α,β-unsaturated/α-hetero) is 1. The molecule has 0 aliphatic heterocycles. The molecule has 0 bridgehead atoms. The molecule has 35 heavy (non-hydrogen) atoms. The number of aliphatic hydroxyl groups is 1. The summed E-state index contributed by atoms with van der Waals surface area (Å²) in [6.07, 6.45) is -0.344. The van der Waals surface area contributed by atoms with Crippen molar-refractivity contribution < 1.29 is 23.9 Å².